The Hall–Kier alpha value is -2.37. The molecule has 0 aliphatic heterocycles. The van der Waals surface area contributed by atoms with E-state index in [9.17, 15) is 14.4 Å². The van der Waals surface area contributed by atoms with Crippen LogP contribution in [0.4, 0.5) is 5.69 Å². The summed E-state index contributed by atoms with van der Waals surface area (Å²) in [6.45, 7) is -0.264. The minimum absolute atomic E-state index is 0.0167. The lowest BCUT2D eigenvalue weighted by atomic mass is 9.52. The zero-order valence-corrected chi connectivity index (χ0v) is 16.5. The van der Waals surface area contributed by atoms with Crippen molar-refractivity contribution in [1.29, 1.82) is 0 Å². The van der Waals surface area contributed by atoms with Crippen LogP contribution in [0.1, 0.15) is 42.5 Å². The van der Waals surface area contributed by atoms with Crippen LogP contribution in [0.5, 0.6) is 0 Å². The van der Waals surface area contributed by atoms with Crippen molar-refractivity contribution in [1.82, 2.24) is 4.90 Å². The van der Waals surface area contributed by atoms with Crippen molar-refractivity contribution < 1.29 is 19.1 Å². The van der Waals surface area contributed by atoms with Gasteiger partial charge in [0.15, 0.2) is 6.61 Å². The van der Waals surface area contributed by atoms with Crippen LogP contribution in [-0.2, 0) is 14.3 Å². The molecule has 4 bridgehead atoms. The van der Waals surface area contributed by atoms with Gasteiger partial charge in [0.2, 0.25) is 0 Å². The molecule has 0 heterocycles. The predicted octanol–water partition coefficient (Wildman–Crippen LogP) is 2.94. The molecule has 1 aromatic rings. The topological polar surface area (TPSA) is 75.7 Å². The molecule has 4 aliphatic carbocycles. The molecule has 28 heavy (non-hydrogen) atoms. The molecule has 4 aliphatic rings. The molecule has 4 fully saturated rings. The second-order valence-electron chi connectivity index (χ2n) is 8.89. The molecule has 0 spiro atoms. The molecule has 0 unspecified atom stereocenters. The van der Waals surface area contributed by atoms with E-state index in [1.165, 1.54) is 11.3 Å². The molecule has 2 amide bonds. The van der Waals surface area contributed by atoms with Crippen LogP contribution in [-0.4, -0.2) is 43.4 Å². The smallest absolute Gasteiger partial charge is 0.310 e. The van der Waals surface area contributed by atoms with Gasteiger partial charge in [-0.2, -0.15) is 0 Å². The van der Waals surface area contributed by atoms with Gasteiger partial charge in [-0.05, 0) is 80.0 Å². The molecular weight excluding hydrogens is 356 g/mol. The van der Waals surface area contributed by atoms with Gasteiger partial charge in [-0.25, -0.2) is 0 Å². The largest absolute Gasteiger partial charge is 0.455 e. The van der Waals surface area contributed by atoms with E-state index < -0.39 is 0 Å². The summed E-state index contributed by atoms with van der Waals surface area (Å²) in [6, 6.07) is 6.68. The average Bonchev–Trinajstić information content (AvgIpc) is 2.65. The lowest BCUT2D eigenvalue weighted by molar-refractivity contribution is -0.164. The zero-order valence-electron chi connectivity index (χ0n) is 16.5. The Morgan fingerprint density at radius 3 is 2.07 bits per heavy atom. The monoisotopic (exact) mass is 384 g/mol. The third kappa shape index (κ3) is 3.77. The maximum atomic E-state index is 12.6. The number of nitrogens with one attached hydrogen (secondary N) is 1. The predicted molar refractivity (Wildman–Crippen MR) is 105 cm³/mol. The number of ether oxygens (including phenoxy) is 1. The molecule has 1 N–H and O–H groups in total. The number of amides is 2. The molecule has 150 valence electrons. The number of hydrogen-bond acceptors (Lipinski definition) is 4. The minimum Gasteiger partial charge on any atom is -0.455 e. The lowest BCUT2D eigenvalue weighted by Crippen LogP contribution is -2.48. The van der Waals surface area contributed by atoms with E-state index in [0.717, 1.165) is 37.5 Å². The van der Waals surface area contributed by atoms with Gasteiger partial charge in [0.1, 0.15) is 0 Å². The number of esters is 1. The Labute approximate surface area is 165 Å². The molecule has 6 nitrogen and oxygen atoms in total. The SMILES string of the molecule is CN(C)C(=O)c1ccc(NC(=O)COC(=O)C2C3CC4CC(C3)CC2C4)cc1. The van der Waals surface area contributed by atoms with Gasteiger partial charge in [0, 0.05) is 25.3 Å². The zero-order chi connectivity index (χ0) is 19.8. The number of hydrogen-bond donors (Lipinski definition) is 1. The van der Waals surface area contributed by atoms with Crippen LogP contribution in [0.2, 0.25) is 0 Å². The van der Waals surface area contributed by atoms with Crippen LogP contribution < -0.4 is 5.32 Å². The molecule has 1 aromatic carbocycles. The van der Waals surface area contributed by atoms with Gasteiger partial charge >= 0.3 is 5.97 Å². The fraction of sp³-hybridized carbons (Fsp3) is 0.591. The molecule has 0 saturated heterocycles. The van der Waals surface area contributed by atoms with Gasteiger partial charge in [0.05, 0.1) is 5.92 Å². The van der Waals surface area contributed by atoms with Crippen molar-refractivity contribution in [2.75, 3.05) is 26.0 Å². The average molecular weight is 384 g/mol. The molecule has 0 atom stereocenters. The summed E-state index contributed by atoms with van der Waals surface area (Å²) in [7, 11) is 3.38. The summed E-state index contributed by atoms with van der Waals surface area (Å²) in [5, 5.41) is 2.72. The molecule has 0 aromatic heterocycles. The maximum absolute atomic E-state index is 12.6. The van der Waals surface area contributed by atoms with E-state index in [1.807, 2.05) is 0 Å². The van der Waals surface area contributed by atoms with E-state index in [-0.39, 0.29) is 30.3 Å². The van der Waals surface area contributed by atoms with E-state index >= 15 is 0 Å². The number of carbonyl (C=O) groups excluding carboxylic acids is 3. The molecule has 6 heteroatoms. The normalized spacial score (nSPS) is 30.0. The van der Waals surface area contributed by atoms with Crippen molar-refractivity contribution in [2.24, 2.45) is 29.6 Å². The van der Waals surface area contributed by atoms with Gasteiger partial charge in [0.25, 0.3) is 11.8 Å². The van der Waals surface area contributed by atoms with Crippen molar-refractivity contribution in [3.8, 4) is 0 Å². The minimum atomic E-state index is -0.358. The number of carbonyl (C=O) groups is 3. The first-order valence-corrected chi connectivity index (χ1v) is 10.2. The van der Waals surface area contributed by atoms with E-state index in [4.69, 9.17) is 4.74 Å². The highest BCUT2D eigenvalue weighted by atomic mass is 16.5. The van der Waals surface area contributed by atoms with Crippen LogP contribution >= 0.6 is 0 Å². The first-order valence-electron chi connectivity index (χ1n) is 10.2. The van der Waals surface area contributed by atoms with Crippen molar-refractivity contribution in [3.63, 3.8) is 0 Å². The fourth-order valence-corrected chi connectivity index (χ4v) is 5.69. The van der Waals surface area contributed by atoms with Gasteiger partial charge in [-0.1, -0.05) is 0 Å². The number of anilines is 1. The highest BCUT2D eigenvalue weighted by Crippen LogP contribution is 2.56. The Bertz CT molecular complexity index is 743. The number of benzene rings is 1. The van der Waals surface area contributed by atoms with Gasteiger partial charge < -0.3 is 15.0 Å². The van der Waals surface area contributed by atoms with Crippen LogP contribution in [0.15, 0.2) is 24.3 Å². The standard InChI is InChI=1S/C22H28N2O4/c1-24(2)21(26)15-3-5-18(6-4-15)23-19(25)12-28-22(27)20-16-8-13-7-14(10-16)11-17(20)9-13/h3-6,13-14,16-17,20H,7-12H2,1-2H3,(H,23,25). The summed E-state index contributed by atoms with van der Waals surface area (Å²) < 4.78 is 5.38. The van der Waals surface area contributed by atoms with Crippen molar-refractivity contribution in [3.05, 3.63) is 29.8 Å². The number of nitrogens with zero attached hydrogens (tertiary/aromatic N) is 1. The maximum Gasteiger partial charge on any atom is 0.310 e. The third-order valence-electron chi connectivity index (χ3n) is 6.67. The van der Waals surface area contributed by atoms with Crippen LogP contribution in [0.25, 0.3) is 0 Å². The Balaban J connectivity index is 1.28. The van der Waals surface area contributed by atoms with Crippen molar-refractivity contribution in [2.45, 2.75) is 32.1 Å². The first kappa shape index (κ1) is 19.0. The van der Waals surface area contributed by atoms with E-state index in [1.54, 1.807) is 38.4 Å². The van der Waals surface area contributed by atoms with Crippen molar-refractivity contribution >= 4 is 23.5 Å². The molecular formula is C22H28N2O4. The Kier molecular flexibility index (Phi) is 5.13. The summed E-state index contributed by atoms with van der Waals surface area (Å²) >= 11 is 0. The lowest BCUT2D eigenvalue weighted by Gasteiger charge is -2.53. The molecule has 5 rings (SSSR count). The van der Waals surface area contributed by atoms with Crippen LogP contribution in [0.3, 0.4) is 0 Å². The molecule has 0 radical (unpaired) electrons. The Morgan fingerprint density at radius 2 is 1.54 bits per heavy atom. The highest BCUT2D eigenvalue weighted by molar-refractivity contribution is 5.96. The Morgan fingerprint density at radius 1 is 0.964 bits per heavy atom. The van der Waals surface area contributed by atoms with Gasteiger partial charge in [-0.3, -0.25) is 14.4 Å². The second-order valence-corrected chi connectivity index (χ2v) is 8.89. The quantitative estimate of drug-likeness (QED) is 0.792. The summed E-state index contributed by atoms with van der Waals surface area (Å²) in [5.41, 5.74) is 1.13. The molecule has 4 saturated carbocycles. The van der Waals surface area contributed by atoms with Gasteiger partial charge in [-0.15, -0.1) is 0 Å². The third-order valence-corrected chi connectivity index (χ3v) is 6.67. The second kappa shape index (κ2) is 7.57. The summed E-state index contributed by atoms with van der Waals surface area (Å²) in [5.74, 6) is 1.84. The number of rotatable bonds is 5. The van der Waals surface area contributed by atoms with E-state index in [0.29, 0.717) is 23.1 Å². The fourth-order valence-electron chi connectivity index (χ4n) is 5.69. The summed E-state index contributed by atoms with van der Waals surface area (Å²) in [6.07, 6.45) is 5.94. The van der Waals surface area contributed by atoms with Crippen LogP contribution in [0, 0.1) is 29.6 Å². The highest BCUT2D eigenvalue weighted by Gasteiger charge is 2.51. The summed E-state index contributed by atoms with van der Waals surface area (Å²) in [4.78, 5) is 38.2. The van der Waals surface area contributed by atoms with E-state index in [2.05, 4.69) is 5.32 Å². The first-order chi connectivity index (χ1) is 13.4.